The molecule has 0 amide bonds. The van der Waals surface area contributed by atoms with Crippen LogP contribution in [0.4, 0.5) is 0 Å². The molecule has 1 aliphatic heterocycles. The van der Waals surface area contributed by atoms with Gasteiger partial charge in [-0.3, -0.25) is 0 Å². The fraction of sp³-hybridized carbons (Fsp3) is 1.00. The average molecular weight is 266 g/mol. The van der Waals surface area contributed by atoms with Crippen LogP contribution in [0.2, 0.25) is 0 Å². The largest absolute Gasteiger partial charge is 0.314 e. The van der Waals surface area contributed by atoms with Crippen LogP contribution in [0.25, 0.3) is 0 Å². The first-order valence-electron chi connectivity index (χ1n) is 8.56. The van der Waals surface area contributed by atoms with E-state index in [1.54, 1.807) is 0 Å². The molecular weight excluding hydrogens is 232 g/mol. The van der Waals surface area contributed by atoms with E-state index in [2.05, 4.69) is 31.1 Å². The summed E-state index contributed by atoms with van der Waals surface area (Å²) < 4.78 is 0. The van der Waals surface area contributed by atoms with Crippen molar-refractivity contribution in [2.24, 2.45) is 11.8 Å². The summed E-state index contributed by atoms with van der Waals surface area (Å²) in [5.41, 5.74) is 0.465. The molecule has 1 saturated heterocycles. The van der Waals surface area contributed by atoms with Crippen LogP contribution >= 0.6 is 0 Å². The Labute approximate surface area is 120 Å². The Bertz CT molecular complexity index is 248. The molecule has 2 fully saturated rings. The number of piperidine rings is 1. The van der Waals surface area contributed by atoms with E-state index in [4.69, 9.17) is 0 Å². The fourth-order valence-electron chi connectivity index (χ4n) is 4.07. The second-order valence-electron chi connectivity index (χ2n) is 7.26. The lowest BCUT2D eigenvalue weighted by Gasteiger charge is -2.40. The molecule has 1 N–H and O–H groups in total. The summed E-state index contributed by atoms with van der Waals surface area (Å²) in [7, 11) is 2.18. The highest BCUT2D eigenvalue weighted by molar-refractivity contribution is 4.90. The fourth-order valence-corrected chi connectivity index (χ4v) is 4.07. The van der Waals surface area contributed by atoms with E-state index in [1.165, 1.54) is 71.0 Å². The predicted octanol–water partition coefficient (Wildman–Crippen LogP) is 3.67. The van der Waals surface area contributed by atoms with Crippen molar-refractivity contribution in [3.8, 4) is 0 Å². The third-order valence-electron chi connectivity index (χ3n) is 5.82. The lowest BCUT2D eigenvalue weighted by Crippen LogP contribution is -2.48. The molecule has 0 aromatic heterocycles. The van der Waals surface area contributed by atoms with E-state index >= 15 is 0 Å². The van der Waals surface area contributed by atoms with Gasteiger partial charge < -0.3 is 10.2 Å². The minimum atomic E-state index is 0.465. The Balaban J connectivity index is 1.73. The molecule has 2 nitrogen and oxygen atoms in total. The van der Waals surface area contributed by atoms with Crippen molar-refractivity contribution >= 4 is 0 Å². The van der Waals surface area contributed by atoms with Crippen molar-refractivity contribution < 1.29 is 0 Å². The Morgan fingerprint density at radius 3 is 2.26 bits per heavy atom. The maximum atomic E-state index is 3.66. The normalized spacial score (nSPS) is 25.9. The Morgan fingerprint density at radius 2 is 1.74 bits per heavy atom. The molecule has 0 unspecified atom stereocenters. The number of hydrogen-bond donors (Lipinski definition) is 1. The maximum absolute atomic E-state index is 3.66. The summed E-state index contributed by atoms with van der Waals surface area (Å²) in [4.78, 5) is 2.71. The van der Waals surface area contributed by atoms with Gasteiger partial charge in [0.15, 0.2) is 0 Å². The van der Waals surface area contributed by atoms with Gasteiger partial charge in [-0.15, -0.1) is 0 Å². The molecule has 0 bridgehead atoms. The third-order valence-corrected chi connectivity index (χ3v) is 5.82. The average Bonchev–Trinajstić information content (AvgIpc) is 2.46. The Morgan fingerprint density at radius 1 is 1.11 bits per heavy atom. The molecule has 0 aromatic rings. The summed E-state index contributed by atoms with van der Waals surface area (Å²) in [6, 6.07) is 0. The molecule has 1 saturated carbocycles. The first-order chi connectivity index (χ1) is 9.15. The van der Waals surface area contributed by atoms with Crippen molar-refractivity contribution in [2.45, 2.75) is 70.8 Å². The minimum absolute atomic E-state index is 0.465. The Kier molecular flexibility index (Phi) is 5.70. The zero-order valence-corrected chi connectivity index (χ0v) is 13.4. The van der Waals surface area contributed by atoms with Gasteiger partial charge in [0.05, 0.1) is 0 Å². The summed E-state index contributed by atoms with van der Waals surface area (Å²) >= 11 is 0. The number of nitrogens with one attached hydrogen (secondary N) is 1. The van der Waals surface area contributed by atoms with Crippen LogP contribution in [0.5, 0.6) is 0 Å². The second-order valence-corrected chi connectivity index (χ2v) is 7.26. The van der Waals surface area contributed by atoms with Crippen molar-refractivity contribution in [2.75, 3.05) is 26.7 Å². The predicted molar refractivity (Wildman–Crippen MR) is 83.5 cm³/mol. The standard InChI is InChI=1S/C17H34N2/c1-15(2)16-7-12-19(13-8-16)14-11-17(18-3)9-5-4-6-10-17/h15-16,18H,4-14H2,1-3H3. The van der Waals surface area contributed by atoms with E-state index in [0.29, 0.717) is 5.54 Å². The van der Waals surface area contributed by atoms with E-state index in [-0.39, 0.29) is 0 Å². The smallest absolute Gasteiger partial charge is 0.0190 e. The molecular formula is C17H34N2. The van der Waals surface area contributed by atoms with Gasteiger partial charge in [0.25, 0.3) is 0 Å². The van der Waals surface area contributed by atoms with Gasteiger partial charge in [-0.2, -0.15) is 0 Å². The van der Waals surface area contributed by atoms with Crippen LogP contribution in [0, 0.1) is 11.8 Å². The molecule has 0 atom stereocenters. The van der Waals surface area contributed by atoms with Crippen LogP contribution < -0.4 is 5.32 Å². The summed E-state index contributed by atoms with van der Waals surface area (Å²) in [6.07, 6.45) is 11.3. The first kappa shape index (κ1) is 15.3. The van der Waals surface area contributed by atoms with Crippen LogP contribution in [0.1, 0.15) is 65.2 Å². The summed E-state index contributed by atoms with van der Waals surface area (Å²) in [6.45, 7) is 8.76. The van der Waals surface area contributed by atoms with E-state index in [0.717, 1.165) is 11.8 Å². The van der Waals surface area contributed by atoms with Gasteiger partial charge in [0.2, 0.25) is 0 Å². The molecule has 19 heavy (non-hydrogen) atoms. The zero-order valence-electron chi connectivity index (χ0n) is 13.4. The molecule has 1 aliphatic carbocycles. The maximum Gasteiger partial charge on any atom is 0.0190 e. The number of likely N-dealkylation sites (tertiary alicyclic amines) is 1. The summed E-state index contributed by atoms with van der Waals surface area (Å²) in [5.74, 6) is 1.85. The molecule has 2 rings (SSSR count). The monoisotopic (exact) mass is 266 g/mol. The third kappa shape index (κ3) is 4.19. The highest BCUT2D eigenvalue weighted by Gasteiger charge is 2.31. The van der Waals surface area contributed by atoms with Crippen LogP contribution in [-0.2, 0) is 0 Å². The first-order valence-corrected chi connectivity index (χ1v) is 8.56. The zero-order chi connectivity index (χ0) is 13.7. The van der Waals surface area contributed by atoms with Gasteiger partial charge >= 0.3 is 0 Å². The lowest BCUT2D eigenvalue weighted by atomic mass is 9.79. The molecule has 2 aliphatic rings. The van der Waals surface area contributed by atoms with Crippen molar-refractivity contribution in [3.05, 3.63) is 0 Å². The SMILES string of the molecule is CNC1(CCN2CCC(C(C)C)CC2)CCCCC1. The van der Waals surface area contributed by atoms with E-state index in [9.17, 15) is 0 Å². The van der Waals surface area contributed by atoms with Crippen molar-refractivity contribution in [1.82, 2.24) is 10.2 Å². The molecule has 2 heteroatoms. The highest BCUT2D eigenvalue weighted by atomic mass is 15.1. The van der Waals surface area contributed by atoms with Gasteiger partial charge in [0, 0.05) is 5.54 Å². The lowest BCUT2D eigenvalue weighted by molar-refractivity contribution is 0.131. The minimum Gasteiger partial charge on any atom is -0.314 e. The van der Waals surface area contributed by atoms with Gasteiger partial charge in [0.1, 0.15) is 0 Å². The quantitative estimate of drug-likeness (QED) is 0.817. The summed E-state index contributed by atoms with van der Waals surface area (Å²) in [5, 5.41) is 3.66. The molecule has 0 aromatic carbocycles. The second kappa shape index (κ2) is 7.08. The van der Waals surface area contributed by atoms with Crippen molar-refractivity contribution in [3.63, 3.8) is 0 Å². The van der Waals surface area contributed by atoms with E-state index in [1.807, 2.05) is 0 Å². The topological polar surface area (TPSA) is 15.3 Å². The van der Waals surface area contributed by atoms with Gasteiger partial charge in [-0.05, 0) is 70.6 Å². The number of rotatable bonds is 5. The van der Waals surface area contributed by atoms with Crippen LogP contribution in [-0.4, -0.2) is 37.1 Å². The van der Waals surface area contributed by atoms with Crippen LogP contribution in [0.3, 0.4) is 0 Å². The van der Waals surface area contributed by atoms with Crippen molar-refractivity contribution in [1.29, 1.82) is 0 Å². The molecule has 112 valence electrons. The van der Waals surface area contributed by atoms with Gasteiger partial charge in [-0.1, -0.05) is 33.1 Å². The molecule has 0 radical (unpaired) electrons. The Hall–Kier alpha value is -0.0800. The van der Waals surface area contributed by atoms with E-state index < -0.39 is 0 Å². The number of nitrogens with zero attached hydrogens (tertiary/aromatic N) is 1. The van der Waals surface area contributed by atoms with Crippen LogP contribution in [0.15, 0.2) is 0 Å². The highest BCUT2D eigenvalue weighted by Crippen LogP contribution is 2.31. The molecule has 0 spiro atoms. The number of hydrogen-bond acceptors (Lipinski definition) is 2. The molecule has 1 heterocycles. The van der Waals surface area contributed by atoms with Gasteiger partial charge in [-0.25, -0.2) is 0 Å².